The maximum Gasteiger partial charge on any atom is 0.126 e. The van der Waals surface area contributed by atoms with Crippen molar-refractivity contribution in [2.75, 3.05) is 6.61 Å². The fraction of sp³-hybridized carbons (Fsp3) is 0.471. The third-order valence-electron chi connectivity index (χ3n) is 15.4. The lowest BCUT2D eigenvalue weighted by Gasteiger charge is -2.27. The Morgan fingerprint density at radius 1 is 0.270 bits per heavy atom. The van der Waals surface area contributed by atoms with E-state index in [-0.39, 0.29) is 86.9 Å². The zero-order chi connectivity index (χ0) is 55.0. The summed E-state index contributed by atoms with van der Waals surface area (Å²) >= 11 is 0. The third-order valence-corrected chi connectivity index (χ3v) is 15.4. The first-order valence-electron chi connectivity index (χ1n) is 27.0. The van der Waals surface area contributed by atoms with Crippen LogP contribution in [-0.2, 0) is 71.0 Å². The van der Waals surface area contributed by atoms with Crippen molar-refractivity contribution < 1.29 is 30.3 Å². The van der Waals surface area contributed by atoms with Crippen molar-refractivity contribution in [1.82, 2.24) is 0 Å². The van der Waals surface area contributed by atoms with Crippen molar-refractivity contribution in [2.24, 2.45) is 0 Å². The van der Waals surface area contributed by atoms with E-state index in [4.69, 9.17) is 4.74 Å². The van der Waals surface area contributed by atoms with Crippen molar-refractivity contribution in [3.8, 4) is 34.5 Å². The molecule has 0 unspecified atom stereocenters. The van der Waals surface area contributed by atoms with Crippen LogP contribution in [0.5, 0.6) is 34.5 Å². The number of phenolic OH excluding ortho intramolecular Hbond substituents is 5. The van der Waals surface area contributed by atoms with E-state index in [2.05, 4.69) is 197 Å². The van der Waals surface area contributed by atoms with Crippen molar-refractivity contribution >= 4 is 0 Å². The number of aromatic hydroxyl groups is 5. The first-order chi connectivity index (χ1) is 33.9. The highest BCUT2D eigenvalue weighted by molar-refractivity contribution is 5.60. The van der Waals surface area contributed by atoms with Gasteiger partial charge in [0.1, 0.15) is 34.5 Å². The molecule has 12 bridgehead atoms. The van der Waals surface area contributed by atoms with Gasteiger partial charge < -0.3 is 30.3 Å². The number of benzene rings is 6. The number of hydrogen-bond acceptors (Lipinski definition) is 6. The SMILES string of the molecule is CCOc1c2cc(C(C)(C)C)cc1Cc1cc(C(C)(C)C)cc(c1O)Cc1cc(C(C)(C)C)cc(c1O)Cc1cc(C(C)(C)C)cc(c1O)Cc1cc(C(C)(C)C)cc(c1O)Cc1cc(C(C)(C)C)cc(c1O)C2. The molecule has 0 aromatic heterocycles. The molecule has 74 heavy (non-hydrogen) atoms. The van der Waals surface area contributed by atoms with Gasteiger partial charge in [-0.15, -0.1) is 0 Å². The van der Waals surface area contributed by atoms with Crippen molar-refractivity contribution in [1.29, 1.82) is 0 Å². The Morgan fingerprint density at radius 3 is 0.541 bits per heavy atom. The van der Waals surface area contributed by atoms with E-state index in [1.54, 1.807) is 0 Å². The molecular formula is C68H88O6. The second-order valence-electron chi connectivity index (χ2n) is 27.8. The quantitative estimate of drug-likeness (QED) is 0.118. The van der Waals surface area contributed by atoms with Crippen molar-refractivity contribution in [2.45, 2.75) is 203 Å². The number of fused-ring (bicyclic) bond motifs is 12. The average Bonchev–Trinajstić information content (AvgIpc) is 3.25. The van der Waals surface area contributed by atoms with E-state index in [0.29, 0.717) is 64.0 Å². The van der Waals surface area contributed by atoms with Crippen LogP contribution in [0.4, 0.5) is 0 Å². The van der Waals surface area contributed by atoms with Gasteiger partial charge in [0.2, 0.25) is 0 Å². The third kappa shape index (κ3) is 12.0. The Hall–Kier alpha value is -5.88. The second kappa shape index (κ2) is 19.7. The van der Waals surface area contributed by atoms with E-state index >= 15 is 0 Å². The summed E-state index contributed by atoms with van der Waals surface area (Å²) < 4.78 is 6.70. The maximum absolute atomic E-state index is 12.6. The van der Waals surface area contributed by atoms with Crippen LogP contribution >= 0.6 is 0 Å². The van der Waals surface area contributed by atoms with Gasteiger partial charge in [0.05, 0.1) is 6.61 Å². The molecule has 6 aromatic carbocycles. The zero-order valence-electron chi connectivity index (χ0n) is 48.5. The highest BCUT2D eigenvalue weighted by Gasteiger charge is 2.30. The normalized spacial score (nSPS) is 14.1. The molecule has 7 rings (SSSR count). The highest BCUT2D eigenvalue weighted by atomic mass is 16.5. The van der Waals surface area contributed by atoms with Gasteiger partial charge in [-0.1, -0.05) is 197 Å². The molecule has 0 aliphatic heterocycles. The van der Waals surface area contributed by atoms with Crippen molar-refractivity contribution in [3.05, 3.63) is 173 Å². The van der Waals surface area contributed by atoms with Gasteiger partial charge in [-0.25, -0.2) is 0 Å². The van der Waals surface area contributed by atoms with Gasteiger partial charge in [-0.3, -0.25) is 0 Å². The number of rotatable bonds is 2. The zero-order valence-corrected chi connectivity index (χ0v) is 48.5. The Balaban J connectivity index is 1.60. The number of hydrogen-bond donors (Lipinski definition) is 5. The summed E-state index contributed by atoms with van der Waals surface area (Å²) in [6.07, 6.45) is 1.81. The summed E-state index contributed by atoms with van der Waals surface area (Å²) in [7, 11) is 0. The Bertz CT molecular complexity index is 2920. The molecule has 0 saturated carbocycles. The fourth-order valence-corrected chi connectivity index (χ4v) is 10.3. The van der Waals surface area contributed by atoms with Crippen LogP contribution in [0, 0.1) is 0 Å². The minimum Gasteiger partial charge on any atom is -0.507 e. The van der Waals surface area contributed by atoms with Crippen LogP contribution in [0.25, 0.3) is 0 Å². The Kier molecular flexibility index (Phi) is 14.9. The molecule has 0 heterocycles. The van der Waals surface area contributed by atoms with Crippen LogP contribution in [0.3, 0.4) is 0 Å². The van der Waals surface area contributed by atoms with E-state index in [1.165, 1.54) is 0 Å². The molecule has 6 nitrogen and oxygen atoms in total. The van der Waals surface area contributed by atoms with Crippen LogP contribution in [0.15, 0.2) is 72.8 Å². The van der Waals surface area contributed by atoms with E-state index < -0.39 is 0 Å². The summed E-state index contributed by atoms with van der Waals surface area (Å²) in [5.41, 5.74) is 13.7. The molecule has 6 aromatic rings. The summed E-state index contributed by atoms with van der Waals surface area (Å²) in [4.78, 5) is 0. The largest absolute Gasteiger partial charge is 0.507 e. The van der Waals surface area contributed by atoms with Crippen LogP contribution in [0.1, 0.15) is 232 Å². The van der Waals surface area contributed by atoms with Crippen LogP contribution < -0.4 is 4.74 Å². The molecule has 0 saturated heterocycles. The molecule has 5 N–H and O–H groups in total. The fourth-order valence-electron chi connectivity index (χ4n) is 10.3. The molecule has 0 amide bonds. The van der Waals surface area contributed by atoms with Gasteiger partial charge >= 0.3 is 0 Å². The topological polar surface area (TPSA) is 110 Å². The first-order valence-corrected chi connectivity index (χ1v) is 27.0. The molecule has 0 fully saturated rings. The van der Waals surface area contributed by atoms with Gasteiger partial charge in [-0.2, -0.15) is 0 Å². The molecule has 0 atom stereocenters. The minimum absolute atomic E-state index is 0.126. The van der Waals surface area contributed by atoms with Gasteiger partial charge in [0, 0.05) is 38.5 Å². The molecule has 396 valence electrons. The highest BCUT2D eigenvalue weighted by Crippen LogP contribution is 2.45. The second-order valence-corrected chi connectivity index (χ2v) is 27.8. The monoisotopic (exact) mass is 1000 g/mol. The summed E-state index contributed by atoms with van der Waals surface area (Å²) in [6, 6.07) is 25.3. The molecule has 1 aliphatic rings. The van der Waals surface area contributed by atoms with Crippen LogP contribution in [0.2, 0.25) is 0 Å². The maximum atomic E-state index is 12.6. The smallest absolute Gasteiger partial charge is 0.126 e. The first kappa shape index (κ1) is 55.9. The summed E-state index contributed by atoms with van der Waals surface area (Å²) in [6.45, 7) is 41.7. The lowest BCUT2D eigenvalue weighted by atomic mass is 9.79. The summed E-state index contributed by atoms with van der Waals surface area (Å²) in [5, 5.41) is 62.9. The molecule has 0 radical (unpaired) electrons. The number of ether oxygens (including phenoxy) is 1. The van der Waals surface area contributed by atoms with E-state index in [1.807, 2.05) is 6.92 Å². The Morgan fingerprint density at radius 2 is 0.405 bits per heavy atom. The van der Waals surface area contributed by atoms with Gasteiger partial charge in [0.15, 0.2) is 0 Å². The molecule has 6 heteroatoms. The molecular weight excluding hydrogens is 913 g/mol. The summed E-state index contributed by atoms with van der Waals surface area (Å²) in [5.74, 6) is 1.50. The van der Waals surface area contributed by atoms with Gasteiger partial charge in [-0.05, 0) is 140 Å². The average molecular weight is 1000 g/mol. The van der Waals surface area contributed by atoms with Crippen LogP contribution in [-0.4, -0.2) is 32.1 Å². The Labute approximate surface area is 444 Å². The predicted octanol–water partition coefficient (Wildman–Crippen LogP) is 16.3. The van der Waals surface area contributed by atoms with E-state index in [9.17, 15) is 25.5 Å². The molecule has 0 spiro atoms. The van der Waals surface area contributed by atoms with E-state index in [0.717, 1.165) is 61.4 Å². The lowest BCUT2D eigenvalue weighted by Crippen LogP contribution is -2.16. The standard InChI is InChI=1S/C68H88O6/c1-20-74-62-49-25-47-35-54(66(11,12)13)33-45(60(47)72)23-43-31-52(64(5,6)7)29-41(58(43)70)21-39-27-51(63(2,3)4)28-40(57(39)69)22-42-30-53(65(8,9)10)32-44(59(42)71)24-46-34-55(67(14,15)16)36-48(61(46)73)26-50(62)38-56(37-49)68(17,18)19/h27-38,69-73H,20-26H2,1-19H3. The van der Waals surface area contributed by atoms with Crippen molar-refractivity contribution in [3.63, 3.8) is 0 Å². The minimum atomic E-state index is -0.292. The van der Waals surface area contributed by atoms with Gasteiger partial charge in [0.25, 0.3) is 0 Å². The lowest BCUT2D eigenvalue weighted by molar-refractivity contribution is 0.333. The molecule has 1 aliphatic carbocycles. The number of phenols is 5. The predicted molar refractivity (Wildman–Crippen MR) is 307 cm³/mol.